The highest BCUT2D eigenvalue weighted by molar-refractivity contribution is 6.03. The summed E-state index contributed by atoms with van der Waals surface area (Å²) in [7, 11) is 0. The first-order chi connectivity index (χ1) is 6.09. The maximum atomic E-state index is 11.2. The van der Waals surface area contributed by atoms with E-state index in [9.17, 15) is 4.79 Å². The minimum Gasteiger partial charge on any atom is -0.377 e. The Balaban J connectivity index is 2.25. The molecule has 1 heterocycles. The van der Waals surface area contributed by atoms with Crippen molar-refractivity contribution in [1.82, 2.24) is 5.01 Å². The number of rotatable bonds is 4. The van der Waals surface area contributed by atoms with Crippen LogP contribution in [0.2, 0.25) is 0 Å². The van der Waals surface area contributed by atoms with E-state index in [0.29, 0.717) is 19.6 Å². The molecule has 0 radical (unpaired) electrons. The first-order valence-corrected chi connectivity index (χ1v) is 4.55. The molecular formula is C9H16N2O2. The molecule has 1 rings (SSSR count). The molecule has 0 bridgehead atoms. The third kappa shape index (κ3) is 3.14. The summed E-state index contributed by atoms with van der Waals surface area (Å²) in [5.41, 5.74) is 0.884. The second kappa shape index (κ2) is 4.37. The Morgan fingerprint density at radius 1 is 1.62 bits per heavy atom. The van der Waals surface area contributed by atoms with E-state index in [0.717, 1.165) is 5.71 Å². The first-order valence-electron chi connectivity index (χ1n) is 4.55. The Morgan fingerprint density at radius 2 is 2.31 bits per heavy atom. The molecule has 1 aliphatic rings. The minimum absolute atomic E-state index is 0.0739. The number of nitrogens with zero attached hydrogens (tertiary/aromatic N) is 2. The molecule has 0 spiro atoms. The van der Waals surface area contributed by atoms with Crippen LogP contribution in [0, 0.1) is 0 Å². The fourth-order valence-electron chi connectivity index (χ4n) is 1.16. The largest absolute Gasteiger partial charge is 0.377 e. The van der Waals surface area contributed by atoms with Crippen LogP contribution in [-0.2, 0) is 9.53 Å². The van der Waals surface area contributed by atoms with E-state index in [4.69, 9.17) is 4.74 Å². The number of ether oxygens (including phenoxy) is 1. The van der Waals surface area contributed by atoms with Crippen LogP contribution in [0.15, 0.2) is 5.10 Å². The van der Waals surface area contributed by atoms with Crippen molar-refractivity contribution in [3.63, 3.8) is 0 Å². The van der Waals surface area contributed by atoms with E-state index >= 15 is 0 Å². The molecule has 1 amide bonds. The predicted octanol–water partition coefficient (Wildman–Crippen LogP) is 1.02. The van der Waals surface area contributed by atoms with Crippen LogP contribution in [0.1, 0.15) is 27.2 Å². The van der Waals surface area contributed by atoms with Crippen LogP contribution in [0.4, 0.5) is 0 Å². The number of carbonyl (C=O) groups excluding carboxylic acids is 1. The second-order valence-corrected chi connectivity index (χ2v) is 3.45. The molecular weight excluding hydrogens is 168 g/mol. The lowest BCUT2D eigenvalue weighted by molar-refractivity contribution is -0.129. The molecule has 0 aliphatic carbocycles. The molecule has 4 heteroatoms. The molecule has 0 aromatic rings. The third-order valence-corrected chi connectivity index (χ3v) is 1.74. The van der Waals surface area contributed by atoms with Crippen LogP contribution >= 0.6 is 0 Å². The van der Waals surface area contributed by atoms with Crippen LogP contribution in [0.25, 0.3) is 0 Å². The highest BCUT2D eigenvalue weighted by Crippen LogP contribution is 2.06. The molecule has 74 valence electrons. The monoisotopic (exact) mass is 184 g/mol. The number of hydrogen-bond acceptors (Lipinski definition) is 3. The topological polar surface area (TPSA) is 41.9 Å². The van der Waals surface area contributed by atoms with Crippen molar-refractivity contribution in [2.24, 2.45) is 5.10 Å². The Labute approximate surface area is 78.6 Å². The lowest BCUT2D eigenvalue weighted by atomic mass is 10.3. The molecule has 0 unspecified atom stereocenters. The zero-order valence-electron chi connectivity index (χ0n) is 8.41. The van der Waals surface area contributed by atoms with Gasteiger partial charge in [-0.25, -0.2) is 5.01 Å². The number of hydrogen-bond donors (Lipinski definition) is 0. The van der Waals surface area contributed by atoms with Crippen molar-refractivity contribution in [3.05, 3.63) is 0 Å². The zero-order valence-corrected chi connectivity index (χ0v) is 8.41. The Bertz CT molecular complexity index is 224. The normalized spacial score (nSPS) is 17.1. The van der Waals surface area contributed by atoms with Crippen LogP contribution in [-0.4, -0.2) is 35.9 Å². The molecule has 0 N–H and O–H groups in total. The summed E-state index contributed by atoms with van der Waals surface area (Å²) in [4.78, 5) is 11.2. The number of hydrazone groups is 1. The predicted molar refractivity (Wildman–Crippen MR) is 50.5 cm³/mol. The molecule has 0 aromatic carbocycles. The van der Waals surface area contributed by atoms with Crippen molar-refractivity contribution in [1.29, 1.82) is 0 Å². The van der Waals surface area contributed by atoms with E-state index < -0.39 is 0 Å². The molecule has 0 aromatic heterocycles. The van der Waals surface area contributed by atoms with Gasteiger partial charge in [0.1, 0.15) is 0 Å². The minimum atomic E-state index is 0.0739. The van der Waals surface area contributed by atoms with E-state index in [-0.39, 0.29) is 12.0 Å². The van der Waals surface area contributed by atoms with Gasteiger partial charge in [0.05, 0.1) is 25.7 Å². The van der Waals surface area contributed by atoms with Crippen molar-refractivity contribution >= 4 is 11.6 Å². The van der Waals surface area contributed by atoms with E-state index in [1.54, 1.807) is 0 Å². The fraction of sp³-hybridized carbons (Fsp3) is 0.778. The Hall–Kier alpha value is -0.900. The van der Waals surface area contributed by atoms with Crippen molar-refractivity contribution < 1.29 is 9.53 Å². The summed E-state index contributed by atoms with van der Waals surface area (Å²) in [5.74, 6) is 0.0739. The Morgan fingerprint density at radius 3 is 2.77 bits per heavy atom. The Kier molecular flexibility index (Phi) is 3.42. The average molecular weight is 184 g/mol. The van der Waals surface area contributed by atoms with Gasteiger partial charge in [0.2, 0.25) is 5.91 Å². The molecule has 13 heavy (non-hydrogen) atoms. The van der Waals surface area contributed by atoms with Gasteiger partial charge in [-0.1, -0.05) is 0 Å². The van der Waals surface area contributed by atoms with Crippen LogP contribution in [0.3, 0.4) is 0 Å². The smallest absolute Gasteiger partial charge is 0.248 e. The fourth-order valence-corrected chi connectivity index (χ4v) is 1.16. The summed E-state index contributed by atoms with van der Waals surface area (Å²) < 4.78 is 5.32. The standard InChI is InChI=1S/C9H16N2O2/c1-7(2)13-5-4-11-9(12)6-8(3)10-11/h7H,4-6H2,1-3H3. The lowest BCUT2D eigenvalue weighted by Gasteiger charge is -2.13. The quantitative estimate of drug-likeness (QED) is 0.654. The van der Waals surface area contributed by atoms with Gasteiger partial charge in [-0.05, 0) is 20.8 Å². The van der Waals surface area contributed by atoms with Gasteiger partial charge in [-0.2, -0.15) is 5.10 Å². The number of amides is 1. The van der Waals surface area contributed by atoms with Gasteiger partial charge in [0, 0.05) is 5.71 Å². The molecule has 0 saturated carbocycles. The first kappa shape index (κ1) is 10.2. The third-order valence-electron chi connectivity index (χ3n) is 1.74. The molecule has 0 fully saturated rings. The molecule has 0 saturated heterocycles. The summed E-state index contributed by atoms with van der Waals surface area (Å²) in [6, 6.07) is 0. The maximum absolute atomic E-state index is 11.2. The lowest BCUT2D eigenvalue weighted by Crippen LogP contribution is -2.26. The van der Waals surface area contributed by atoms with Gasteiger partial charge < -0.3 is 4.74 Å². The highest BCUT2D eigenvalue weighted by atomic mass is 16.5. The SMILES string of the molecule is CC1=NN(CCOC(C)C)C(=O)C1. The van der Waals surface area contributed by atoms with Crippen molar-refractivity contribution in [2.75, 3.05) is 13.2 Å². The van der Waals surface area contributed by atoms with Crippen LogP contribution < -0.4 is 0 Å². The highest BCUT2D eigenvalue weighted by Gasteiger charge is 2.20. The van der Waals surface area contributed by atoms with Crippen molar-refractivity contribution in [2.45, 2.75) is 33.3 Å². The maximum Gasteiger partial charge on any atom is 0.248 e. The molecule has 0 atom stereocenters. The van der Waals surface area contributed by atoms with Crippen LogP contribution in [0.5, 0.6) is 0 Å². The summed E-state index contributed by atoms with van der Waals surface area (Å²) in [6.07, 6.45) is 0.671. The molecule has 4 nitrogen and oxygen atoms in total. The average Bonchev–Trinajstić information content (AvgIpc) is 2.29. The van der Waals surface area contributed by atoms with Gasteiger partial charge in [-0.15, -0.1) is 0 Å². The van der Waals surface area contributed by atoms with Gasteiger partial charge >= 0.3 is 0 Å². The van der Waals surface area contributed by atoms with Gasteiger partial charge in [0.25, 0.3) is 0 Å². The van der Waals surface area contributed by atoms with E-state index in [1.165, 1.54) is 5.01 Å². The van der Waals surface area contributed by atoms with E-state index in [1.807, 2.05) is 20.8 Å². The van der Waals surface area contributed by atoms with Gasteiger partial charge in [-0.3, -0.25) is 4.79 Å². The molecule has 1 aliphatic heterocycles. The summed E-state index contributed by atoms with van der Waals surface area (Å²) in [5, 5.41) is 5.57. The summed E-state index contributed by atoms with van der Waals surface area (Å²) in [6.45, 7) is 6.93. The van der Waals surface area contributed by atoms with E-state index in [2.05, 4.69) is 5.10 Å². The second-order valence-electron chi connectivity index (χ2n) is 3.45. The number of carbonyl (C=O) groups is 1. The zero-order chi connectivity index (χ0) is 9.84. The summed E-state index contributed by atoms with van der Waals surface area (Å²) >= 11 is 0. The van der Waals surface area contributed by atoms with Gasteiger partial charge in [0.15, 0.2) is 0 Å². The van der Waals surface area contributed by atoms with Crippen molar-refractivity contribution in [3.8, 4) is 0 Å².